The van der Waals surface area contributed by atoms with Crippen LogP contribution in [0.2, 0.25) is 10.0 Å². The average molecular weight is 595 g/mol. The van der Waals surface area contributed by atoms with E-state index in [9.17, 15) is 22.4 Å². The molecule has 0 fully saturated rings. The highest BCUT2D eigenvalue weighted by Crippen LogP contribution is 2.30. The molecular weight excluding hydrogens is 564 g/mol. The van der Waals surface area contributed by atoms with E-state index in [2.05, 4.69) is 5.32 Å². The molecule has 2 amide bonds. The molecule has 0 aliphatic heterocycles. The molecule has 0 radical (unpaired) electrons. The Balaban J connectivity index is 2.03. The summed E-state index contributed by atoms with van der Waals surface area (Å²) >= 11 is 12.3. The van der Waals surface area contributed by atoms with Gasteiger partial charge in [-0.15, -0.1) is 0 Å². The number of benzene rings is 3. The van der Waals surface area contributed by atoms with Crippen molar-refractivity contribution in [3.63, 3.8) is 0 Å². The van der Waals surface area contributed by atoms with Crippen LogP contribution in [0.25, 0.3) is 0 Å². The van der Waals surface area contributed by atoms with E-state index < -0.39 is 40.2 Å². The van der Waals surface area contributed by atoms with Crippen LogP contribution in [0, 0.1) is 5.82 Å². The standard InChI is InChI=1S/C28H30Cl2FN3O4S/c1-3-4-14-32-28(36)20(2)33(18-21-10-8-9-13-26(21)31)27(35)19-34(24-16-22(29)15-23(30)17-24)39(37,38)25-11-6-5-7-12-25/h5-13,15-17,20H,3-4,14,18-19H2,1-2H3,(H,32,36)/t20-/m0/s1. The molecule has 0 heterocycles. The van der Waals surface area contributed by atoms with Gasteiger partial charge >= 0.3 is 0 Å². The van der Waals surface area contributed by atoms with Gasteiger partial charge in [-0.2, -0.15) is 0 Å². The van der Waals surface area contributed by atoms with Gasteiger partial charge in [0.25, 0.3) is 10.0 Å². The molecule has 0 aromatic heterocycles. The predicted molar refractivity (Wildman–Crippen MR) is 152 cm³/mol. The minimum absolute atomic E-state index is 0.0556. The number of carbonyl (C=O) groups is 2. The molecule has 0 saturated heterocycles. The van der Waals surface area contributed by atoms with E-state index in [1.165, 1.54) is 60.4 Å². The van der Waals surface area contributed by atoms with Crippen LogP contribution < -0.4 is 9.62 Å². The summed E-state index contributed by atoms with van der Waals surface area (Å²) in [6.07, 6.45) is 1.61. The topological polar surface area (TPSA) is 86.8 Å². The normalized spacial score (nSPS) is 12.0. The highest BCUT2D eigenvalue weighted by Gasteiger charge is 2.33. The van der Waals surface area contributed by atoms with Crippen molar-refractivity contribution < 1.29 is 22.4 Å². The maximum atomic E-state index is 14.6. The van der Waals surface area contributed by atoms with Crippen LogP contribution in [0.5, 0.6) is 0 Å². The van der Waals surface area contributed by atoms with E-state index >= 15 is 0 Å². The average Bonchev–Trinajstić information content (AvgIpc) is 2.90. The molecule has 1 N–H and O–H groups in total. The molecule has 0 saturated carbocycles. The Labute approximate surface area is 238 Å². The van der Waals surface area contributed by atoms with Gasteiger partial charge in [-0.3, -0.25) is 13.9 Å². The minimum Gasteiger partial charge on any atom is -0.354 e. The van der Waals surface area contributed by atoms with Crippen molar-refractivity contribution >= 4 is 50.7 Å². The number of halogens is 3. The number of rotatable bonds is 12. The third kappa shape index (κ3) is 7.94. The fraction of sp³-hybridized carbons (Fsp3) is 0.286. The number of hydrogen-bond acceptors (Lipinski definition) is 4. The monoisotopic (exact) mass is 593 g/mol. The number of nitrogens with zero attached hydrogens (tertiary/aromatic N) is 2. The van der Waals surface area contributed by atoms with Crippen LogP contribution in [0.15, 0.2) is 77.7 Å². The Morgan fingerprint density at radius 3 is 2.21 bits per heavy atom. The zero-order chi connectivity index (χ0) is 28.6. The Kier molecular flexibility index (Phi) is 10.7. The largest absolute Gasteiger partial charge is 0.354 e. The molecule has 0 unspecified atom stereocenters. The van der Waals surface area contributed by atoms with Crippen molar-refractivity contribution in [2.45, 2.75) is 44.2 Å². The van der Waals surface area contributed by atoms with Crippen LogP contribution in [0.3, 0.4) is 0 Å². The molecule has 11 heteroatoms. The third-order valence-electron chi connectivity index (χ3n) is 6.04. The second-order valence-electron chi connectivity index (χ2n) is 8.89. The summed E-state index contributed by atoms with van der Waals surface area (Å²) in [5.74, 6) is -1.70. The summed E-state index contributed by atoms with van der Waals surface area (Å²) in [6, 6.07) is 16.7. The molecule has 0 bridgehead atoms. The van der Waals surface area contributed by atoms with Crippen LogP contribution in [0.1, 0.15) is 32.3 Å². The molecule has 7 nitrogen and oxygen atoms in total. The number of hydrogen-bond donors (Lipinski definition) is 1. The second kappa shape index (κ2) is 13.8. The van der Waals surface area contributed by atoms with E-state index in [-0.39, 0.29) is 32.7 Å². The molecule has 3 aromatic carbocycles. The Morgan fingerprint density at radius 1 is 0.974 bits per heavy atom. The molecular formula is C28H30Cl2FN3O4S. The SMILES string of the molecule is CCCCNC(=O)[C@H](C)N(Cc1ccccc1F)C(=O)CN(c1cc(Cl)cc(Cl)c1)S(=O)(=O)c1ccccc1. The number of amides is 2. The number of nitrogens with one attached hydrogen (secondary N) is 1. The van der Waals surface area contributed by atoms with Gasteiger partial charge in [0.2, 0.25) is 11.8 Å². The number of carbonyl (C=O) groups excluding carboxylic acids is 2. The van der Waals surface area contributed by atoms with Gasteiger partial charge < -0.3 is 10.2 Å². The van der Waals surface area contributed by atoms with Gasteiger partial charge in [0.1, 0.15) is 18.4 Å². The molecule has 1 atom stereocenters. The van der Waals surface area contributed by atoms with Crippen molar-refractivity contribution in [1.29, 1.82) is 0 Å². The zero-order valence-electron chi connectivity index (χ0n) is 21.6. The van der Waals surface area contributed by atoms with Crippen molar-refractivity contribution in [3.8, 4) is 0 Å². The molecule has 0 aliphatic carbocycles. The zero-order valence-corrected chi connectivity index (χ0v) is 23.9. The van der Waals surface area contributed by atoms with E-state index in [1.54, 1.807) is 24.3 Å². The molecule has 3 aromatic rings. The Bertz CT molecular complexity index is 1390. The van der Waals surface area contributed by atoms with Crippen LogP contribution >= 0.6 is 23.2 Å². The van der Waals surface area contributed by atoms with Gasteiger partial charge in [0, 0.05) is 28.7 Å². The summed E-state index contributed by atoms with van der Waals surface area (Å²) in [6.45, 7) is 2.98. The summed E-state index contributed by atoms with van der Waals surface area (Å²) in [5, 5.41) is 3.12. The smallest absolute Gasteiger partial charge is 0.264 e. The Morgan fingerprint density at radius 2 is 1.59 bits per heavy atom. The number of unbranched alkanes of at least 4 members (excludes halogenated alkanes) is 1. The van der Waals surface area contributed by atoms with Crippen LogP contribution in [0.4, 0.5) is 10.1 Å². The molecule has 208 valence electrons. The van der Waals surface area contributed by atoms with Crippen molar-refractivity contribution in [2.24, 2.45) is 0 Å². The second-order valence-corrected chi connectivity index (χ2v) is 11.6. The summed E-state index contributed by atoms with van der Waals surface area (Å²) in [7, 11) is -4.27. The lowest BCUT2D eigenvalue weighted by atomic mass is 10.1. The molecule has 0 spiro atoms. The third-order valence-corrected chi connectivity index (χ3v) is 8.27. The maximum Gasteiger partial charge on any atom is 0.264 e. The highest BCUT2D eigenvalue weighted by molar-refractivity contribution is 7.92. The molecule has 39 heavy (non-hydrogen) atoms. The lowest BCUT2D eigenvalue weighted by Crippen LogP contribution is -2.51. The maximum absolute atomic E-state index is 14.6. The minimum atomic E-state index is -4.27. The molecule has 3 rings (SSSR count). The summed E-state index contributed by atoms with van der Waals surface area (Å²) < 4.78 is 42.9. The molecule has 0 aliphatic rings. The van der Waals surface area contributed by atoms with Gasteiger partial charge in [-0.05, 0) is 49.7 Å². The van der Waals surface area contributed by atoms with E-state index in [1.807, 2.05) is 6.92 Å². The van der Waals surface area contributed by atoms with E-state index in [0.29, 0.717) is 6.54 Å². The Hall–Kier alpha value is -3.14. The highest BCUT2D eigenvalue weighted by atomic mass is 35.5. The lowest BCUT2D eigenvalue weighted by molar-refractivity contribution is -0.139. The lowest BCUT2D eigenvalue weighted by Gasteiger charge is -2.32. The fourth-order valence-corrected chi connectivity index (χ4v) is 5.79. The first kappa shape index (κ1) is 30.4. The van der Waals surface area contributed by atoms with Crippen LogP contribution in [-0.4, -0.2) is 44.3 Å². The van der Waals surface area contributed by atoms with Crippen LogP contribution in [-0.2, 0) is 26.2 Å². The van der Waals surface area contributed by atoms with Gasteiger partial charge in [-0.25, -0.2) is 12.8 Å². The van der Waals surface area contributed by atoms with Crippen molar-refractivity contribution in [2.75, 3.05) is 17.4 Å². The van der Waals surface area contributed by atoms with E-state index in [0.717, 1.165) is 17.1 Å². The van der Waals surface area contributed by atoms with Crippen molar-refractivity contribution in [1.82, 2.24) is 10.2 Å². The fourth-order valence-electron chi connectivity index (χ4n) is 3.86. The first-order valence-electron chi connectivity index (χ1n) is 12.4. The van der Waals surface area contributed by atoms with Gasteiger partial charge in [0.05, 0.1) is 10.6 Å². The summed E-state index contributed by atoms with van der Waals surface area (Å²) in [4.78, 5) is 27.9. The van der Waals surface area contributed by atoms with E-state index in [4.69, 9.17) is 23.2 Å². The number of anilines is 1. The van der Waals surface area contributed by atoms with Gasteiger partial charge in [0.15, 0.2) is 0 Å². The number of sulfonamides is 1. The van der Waals surface area contributed by atoms with Gasteiger partial charge in [-0.1, -0.05) is 72.9 Å². The van der Waals surface area contributed by atoms with Crippen molar-refractivity contribution in [3.05, 3.63) is 94.2 Å². The first-order chi connectivity index (χ1) is 18.5. The summed E-state index contributed by atoms with van der Waals surface area (Å²) in [5.41, 5.74) is 0.248. The predicted octanol–water partition coefficient (Wildman–Crippen LogP) is 5.66. The first-order valence-corrected chi connectivity index (χ1v) is 14.6. The quantitative estimate of drug-likeness (QED) is 0.274.